The Kier molecular flexibility index (Phi) is 6.44. The van der Waals surface area contributed by atoms with Gasteiger partial charge in [0.25, 0.3) is 17.7 Å². The van der Waals surface area contributed by atoms with Gasteiger partial charge in [-0.05, 0) is 42.8 Å². The van der Waals surface area contributed by atoms with Gasteiger partial charge in [-0.2, -0.15) is 13.2 Å². The summed E-state index contributed by atoms with van der Waals surface area (Å²) in [6.07, 6.45) is -5.23. The molecule has 2 amide bonds. The van der Waals surface area contributed by atoms with Gasteiger partial charge < -0.3 is 16.0 Å². The van der Waals surface area contributed by atoms with E-state index < -0.39 is 58.8 Å². The summed E-state index contributed by atoms with van der Waals surface area (Å²) in [4.78, 5) is 29.9. The number of aromatic nitrogens is 1. The SMILES string of the molecule is O=C(Nc1cc(NC2CCC2(F)F)nc2c1C(c1cc(F)ccc1Cl)NC2=O)c1cc(F)cc(C(F)(F)F)c1. The van der Waals surface area contributed by atoms with Crippen molar-refractivity contribution >= 4 is 34.9 Å². The third kappa shape index (κ3) is 5.10. The number of carbonyl (C=O) groups excluding carboxylic acids is 2. The molecule has 204 valence electrons. The Hall–Kier alpha value is -3.87. The van der Waals surface area contributed by atoms with E-state index in [1.165, 1.54) is 6.07 Å². The molecule has 2 atom stereocenters. The van der Waals surface area contributed by atoms with Crippen molar-refractivity contribution in [1.82, 2.24) is 10.3 Å². The number of anilines is 2. The number of nitrogens with one attached hydrogen (secondary N) is 3. The van der Waals surface area contributed by atoms with E-state index in [4.69, 9.17) is 11.6 Å². The van der Waals surface area contributed by atoms with E-state index in [1.807, 2.05) is 0 Å². The van der Waals surface area contributed by atoms with Gasteiger partial charge in [0.2, 0.25) is 0 Å². The van der Waals surface area contributed by atoms with E-state index in [0.717, 1.165) is 18.2 Å². The number of hydrogen-bond acceptors (Lipinski definition) is 4. The Labute approximate surface area is 220 Å². The highest BCUT2D eigenvalue weighted by atomic mass is 35.5. The molecule has 3 aromatic rings. The summed E-state index contributed by atoms with van der Waals surface area (Å²) >= 11 is 6.21. The Morgan fingerprint density at radius 2 is 1.82 bits per heavy atom. The maximum absolute atomic E-state index is 14.0. The van der Waals surface area contributed by atoms with Gasteiger partial charge >= 0.3 is 6.18 Å². The van der Waals surface area contributed by atoms with Crippen LogP contribution in [0.3, 0.4) is 0 Å². The fraction of sp³-hybridized carbons (Fsp3) is 0.240. The van der Waals surface area contributed by atoms with Crippen LogP contribution in [-0.2, 0) is 6.18 Å². The topological polar surface area (TPSA) is 83.1 Å². The second-order valence-corrected chi connectivity index (χ2v) is 9.47. The van der Waals surface area contributed by atoms with Gasteiger partial charge in [0.1, 0.15) is 23.1 Å². The van der Waals surface area contributed by atoms with Crippen molar-refractivity contribution in [3.8, 4) is 0 Å². The van der Waals surface area contributed by atoms with Crippen LogP contribution in [0.5, 0.6) is 0 Å². The van der Waals surface area contributed by atoms with Gasteiger partial charge in [-0.15, -0.1) is 0 Å². The first kappa shape index (κ1) is 26.7. The van der Waals surface area contributed by atoms with Crippen LogP contribution in [0.1, 0.15) is 56.4 Å². The summed E-state index contributed by atoms with van der Waals surface area (Å²) in [6.45, 7) is 0. The van der Waals surface area contributed by atoms with Crippen molar-refractivity contribution < 1.29 is 40.3 Å². The number of pyridine rings is 1. The van der Waals surface area contributed by atoms with Crippen molar-refractivity contribution in [2.75, 3.05) is 10.6 Å². The minimum absolute atomic E-state index is 0.0306. The molecule has 39 heavy (non-hydrogen) atoms. The van der Waals surface area contributed by atoms with Crippen molar-refractivity contribution in [3.05, 3.63) is 87.1 Å². The van der Waals surface area contributed by atoms with E-state index in [1.54, 1.807) is 0 Å². The summed E-state index contributed by atoms with van der Waals surface area (Å²) in [5.41, 5.74) is -2.64. The average molecular weight is 573 g/mol. The number of hydrogen-bond donors (Lipinski definition) is 3. The lowest BCUT2D eigenvalue weighted by atomic mass is 9.88. The van der Waals surface area contributed by atoms with Crippen molar-refractivity contribution in [1.29, 1.82) is 0 Å². The van der Waals surface area contributed by atoms with E-state index in [2.05, 4.69) is 20.9 Å². The molecule has 5 rings (SSSR count). The van der Waals surface area contributed by atoms with Gasteiger partial charge in [0.05, 0.1) is 23.3 Å². The Balaban J connectivity index is 1.60. The molecule has 0 saturated heterocycles. The second-order valence-electron chi connectivity index (χ2n) is 9.07. The number of alkyl halides is 5. The zero-order valence-electron chi connectivity index (χ0n) is 19.4. The monoisotopic (exact) mass is 572 g/mol. The number of benzene rings is 2. The van der Waals surface area contributed by atoms with Gasteiger partial charge in [0, 0.05) is 34.2 Å². The fourth-order valence-electron chi connectivity index (χ4n) is 4.38. The third-order valence-corrected chi connectivity index (χ3v) is 6.78. The summed E-state index contributed by atoms with van der Waals surface area (Å²) in [7, 11) is 0. The molecule has 1 aliphatic carbocycles. The van der Waals surface area contributed by atoms with Gasteiger partial charge in [-0.25, -0.2) is 22.5 Å². The van der Waals surface area contributed by atoms with Crippen LogP contribution in [0.25, 0.3) is 0 Å². The molecule has 1 saturated carbocycles. The highest BCUT2D eigenvalue weighted by Crippen LogP contribution is 2.42. The summed E-state index contributed by atoms with van der Waals surface area (Å²) in [5, 5.41) is 7.38. The molecule has 0 radical (unpaired) electrons. The van der Waals surface area contributed by atoms with E-state index in [-0.39, 0.29) is 52.3 Å². The molecule has 2 unspecified atom stereocenters. The van der Waals surface area contributed by atoms with Crippen LogP contribution in [0.15, 0.2) is 42.5 Å². The summed E-state index contributed by atoms with van der Waals surface area (Å²) in [5.74, 6) is -7.33. The number of halogens is 8. The van der Waals surface area contributed by atoms with E-state index in [9.17, 15) is 40.3 Å². The van der Waals surface area contributed by atoms with Crippen LogP contribution in [-0.4, -0.2) is 28.8 Å². The largest absolute Gasteiger partial charge is 0.416 e. The van der Waals surface area contributed by atoms with Crippen LogP contribution in [0, 0.1) is 11.6 Å². The predicted octanol–water partition coefficient (Wildman–Crippen LogP) is 6.33. The van der Waals surface area contributed by atoms with Gasteiger partial charge in [0.15, 0.2) is 0 Å². The Morgan fingerprint density at radius 1 is 1.08 bits per heavy atom. The maximum Gasteiger partial charge on any atom is 0.416 e. The molecule has 3 N–H and O–H groups in total. The molecule has 1 aromatic heterocycles. The first-order chi connectivity index (χ1) is 18.2. The van der Waals surface area contributed by atoms with Crippen molar-refractivity contribution in [2.24, 2.45) is 0 Å². The molecule has 2 aromatic carbocycles. The zero-order valence-corrected chi connectivity index (χ0v) is 20.2. The van der Waals surface area contributed by atoms with Crippen LogP contribution >= 0.6 is 11.6 Å². The lowest BCUT2D eigenvalue weighted by Gasteiger charge is -2.37. The molecular weight excluding hydrogens is 557 g/mol. The maximum atomic E-state index is 14.0. The average Bonchev–Trinajstić information content (AvgIpc) is 3.18. The second kappa shape index (κ2) is 9.40. The first-order valence-corrected chi connectivity index (χ1v) is 11.7. The van der Waals surface area contributed by atoms with Crippen LogP contribution in [0.2, 0.25) is 5.02 Å². The molecule has 1 aliphatic heterocycles. The molecule has 1 fully saturated rings. The molecule has 2 aliphatic rings. The van der Waals surface area contributed by atoms with Crippen molar-refractivity contribution in [2.45, 2.75) is 37.0 Å². The predicted molar refractivity (Wildman–Crippen MR) is 126 cm³/mol. The lowest BCUT2D eigenvalue weighted by Crippen LogP contribution is -2.49. The number of fused-ring (bicyclic) bond motifs is 1. The Bertz CT molecular complexity index is 1510. The molecule has 0 spiro atoms. The first-order valence-electron chi connectivity index (χ1n) is 11.4. The number of amides is 2. The number of carbonyl (C=O) groups is 2. The third-order valence-electron chi connectivity index (χ3n) is 6.44. The highest BCUT2D eigenvalue weighted by molar-refractivity contribution is 6.31. The quantitative estimate of drug-likeness (QED) is 0.312. The number of rotatable bonds is 5. The minimum Gasteiger partial charge on any atom is -0.361 e. The van der Waals surface area contributed by atoms with E-state index >= 15 is 0 Å². The fourth-order valence-corrected chi connectivity index (χ4v) is 4.61. The van der Waals surface area contributed by atoms with E-state index in [0.29, 0.717) is 12.1 Å². The lowest BCUT2D eigenvalue weighted by molar-refractivity contribution is -0.137. The summed E-state index contributed by atoms with van der Waals surface area (Å²) < 4.78 is 95.3. The van der Waals surface area contributed by atoms with Gasteiger partial charge in [-0.3, -0.25) is 9.59 Å². The summed E-state index contributed by atoms with van der Waals surface area (Å²) in [6, 6.07) is 3.15. The molecule has 14 heteroatoms. The Morgan fingerprint density at radius 3 is 2.46 bits per heavy atom. The van der Waals surface area contributed by atoms with Crippen molar-refractivity contribution in [3.63, 3.8) is 0 Å². The standard InChI is InChI=1S/C25H16ClF7N4O2/c26-15-2-1-12(27)8-14(15)20-19-16(34-22(38)10-5-11(25(31,32)33)7-13(28)6-10)9-18(36-21(19)23(39)37-20)35-17-3-4-24(17,29)30/h1-2,5-9,17,20H,3-4H2,(H,37,39)(H2,34,35,36,38). The highest BCUT2D eigenvalue weighted by Gasteiger charge is 2.48. The minimum atomic E-state index is -4.95. The van der Waals surface area contributed by atoms with Crippen LogP contribution in [0.4, 0.5) is 42.2 Å². The molecular formula is C25H16ClF7N4O2. The molecule has 2 heterocycles. The van der Waals surface area contributed by atoms with Crippen LogP contribution < -0.4 is 16.0 Å². The van der Waals surface area contributed by atoms with Gasteiger partial charge in [-0.1, -0.05) is 11.6 Å². The zero-order chi connectivity index (χ0) is 28.3. The molecule has 6 nitrogen and oxygen atoms in total. The smallest absolute Gasteiger partial charge is 0.361 e. The number of nitrogens with zero attached hydrogens (tertiary/aromatic N) is 1. The normalized spacial score (nSPS) is 19.6. The molecule has 0 bridgehead atoms.